The first-order valence-corrected chi connectivity index (χ1v) is 6.72. The van der Waals surface area contributed by atoms with Gasteiger partial charge in [-0.1, -0.05) is 0 Å². The Morgan fingerprint density at radius 3 is 2.83 bits per heavy atom. The SMILES string of the molecule is O=C(O)CC1CSCCN1CCOCC(F)(F)F. The molecular weight excluding hydrogens is 271 g/mol. The van der Waals surface area contributed by atoms with E-state index in [9.17, 15) is 18.0 Å². The number of hydrogen-bond acceptors (Lipinski definition) is 4. The van der Waals surface area contributed by atoms with Crippen molar-refractivity contribution < 1.29 is 27.8 Å². The number of carboxylic acid groups (broad SMARTS) is 1. The van der Waals surface area contributed by atoms with E-state index in [1.807, 2.05) is 4.90 Å². The maximum atomic E-state index is 11.9. The number of alkyl halides is 3. The summed E-state index contributed by atoms with van der Waals surface area (Å²) in [5.41, 5.74) is 0. The molecule has 0 aromatic carbocycles. The molecular formula is C10H16F3NO3S. The standard InChI is InChI=1S/C10H16F3NO3S/c11-10(12,13)7-17-3-1-14-2-4-18-6-8(14)5-9(15)16/h8H,1-7H2,(H,15,16). The minimum absolute atomic E-state index is 0.0201. The van der Waals surface area contributed by atoms with Crippen molar-refractivity contribution in [3.63, 3.8) is 0 Å². The molecule has 18 heavy (non-hydrogen) atoms. The maximum Gasteiger partial charge on any atom is 0.411 e. The van der Waals surface area contributed by atoms with Crippen molar-refractivity contribution in [3.8, 4) is 0 Å². The Hall–Kier alpha value is -0.470. The van der Waals surface area contributed by atoms with Crippen LogP contribution in [0.15, 0.2) is 0 Å². The fourth-order valence-electron chi connectivity index (χ4n) is 1.74. The van der Waals surface area contributed by atoms with E-state index in [0.717, 1.165) is 5.75 Å². The molecule has 106 valence electrons. The molecule has 0 aromatic rings. The number of hydrogen-bond donors (Lipinski definition) is 1. The van der Waals surface area contributed by atoms with E-state index in [2.05, 4.69) is 4.74 Å². The Labute approximate surface area is 107 Å². The van der Waals surface area contributed by atoms with Gasteiger partial charge in [0.1, 0.15) is 6.61 Å². The summed E-state index contributed by atoms with van der Waals surface area (Å²) in [7, 11) is 0. The van der Waals surface area contributed by atoms with Crippen molar-refractivity contribution in [1.82, 2.24) is 4.90 Å². The first-order chi connectivity index (χ1) is 8.38. The smallest absolute Gasteiger partial charge is 0.411 e. The number of thioether (sulfide) groups is 1. The molecule has 1 heterocycles. The van der Waals surface area contributed by atoms with Crippen molar-refractivity contribution in [2.45, 2.75) is 18.6 Å². The van der Waals surface area contributed by atoms with Crippen molar-refractivity contribution in [2.75, 3.05) is 37.8 Å². The molecule has 4 nitrogen and oxygen atoms in total. The van der Waals surface area contributed by atoms with E-state index >= 15 is 0 Å². The van der Waals surface area contributed by atoms with Crippen LogP contribution in [-0.4, -0.2) is 66.0 Å². The first kappa shape index (κ1) is 15.6. The molecule has 1 aliphatic rings. The van der Waals surface area contributed by atoms with Gasteiger partial charge < -0.3 is 9.84 Å². The van der Waals surface area contributed by atoms with Gasteiger partial charge in [-0.25, -0.2) is 0 Å². The van der Waals surface area contributed by atoms with Crippen LogP contribution >= 0.6 is 11.8 Å². The second-order valence-electron chi connectivity index (χ2n) is 4.03. The van der Waals surface area contributed by atoms with Crippen LogP contribution in [0.3, 0.4) is 0 Å². The monoisotopic (exact) mass is 287 g/mol. The third-order valence-corrected chi connectivity index (χ3v) is 3.64. The maximum absolute atomic E-state index is 11.9. The molecule has 1 aliphatic heterocycles. The summed E-state index contributed by atoms with van der Waals surface area (Å²) in [5, 5.41) is 8.75. The molecule has 0 saturated carbocycles. The average Bonchev–Trinajstić information content (AvgIpc) is 2.24. The predicted octanol–water partition coefficient (Wildman–Crippen LogP) is 1.46. The molecule has 0 radical (unpaired) electrons. The van der Waals surface area contributed by atoms with Crippen molar-refractivity contribution in [1.29, 1.82) is 0 Å². The van der Waals surface area contributed by atoms with Crippen LogP contribution in [0.1, 0.15) is 6.42 Å². The summed E-state index contributed by atoms with van der Waals surface area (Å²) in [6.07, 6.45) is -4.29. The highest BCUT2D eigenvalue weighted by molar-refractivity contribution is 7.99. The molecule has 1 unspecified atom stereocenters. The summed E-state index contributed by atoms with van der Waals surface area (Å²) < 4.78 is 40.1. The van der Waals surface area contributed by atoms with Gasteiger partial charge in [-0.05, 0) is 0 Å². The second kappa shape index (κ2) is 7.20. The van der Waals surface area contributed by atoms with Gasteiger partial charge in [-0.15, -0.1) is 0 Å². The number of carboxylic acids is 1. The first-order valence-electron chi connectivity index (χ1n) is 5.56. The highest BCUT2D eigenvalue weighted by Gasteiger charge is 2.28. The lowest BCUT2D eigenvalue weighted by Crippen LogP contribution is -2.45. The Morgan fingerprint density at radius 1 is 1.50 bits per heavy atom. The molecule has 1 fully saturated rings. The van der Waals surface area contributed by atoms with Crippen molar-refractivity contribution in [2.24, 2.45) is 0 Å². The van der Waals surface area contributed by atoms with Crippen LogP contribution in [-0.2, 0) is 9.53 Å². The van der Waals surface area contributed by atoms with Gasteiger partial charge in [0.15, 0.2) is 0 Å². The van der Waals surface area contributed by atoms with Crippen LogP contribution in [0, 0.1) is 0 Å². The molecule has 1 N–H and O–H groups in total. The van der Waals surface area contributed by atoms with Gasteiger partial charge >= 0.3 is 12.1 Å². The molecule has 0 aliphatic carbocycles. The number of ether oxygens (including phenoxy) is 1. The van der Waals surface area contributed by atoms with E-state index in [0.29, 0.717) is 18.8 Å². The van der Waals surface area contributed by atoms with Gasteiger partial charge in [0.05, 0.1) is 13.0 Å². The molecule has 1 rings (SSSR count). The number of rotatable bonds is 6. The normalized spacial score (nSPS) is 22.1. The predicted molar refractivity (Wildman–Crippen MR) is 61.8 cm³/mol. The summed E-state index contributed by atoms with van der Waals surface area (Å²) in [5.74, 6) is 0.685. The summed E-state index contributed by atoms with van der Waals surface area (Å²) >= 11 is 1.67. The minimum atomic E-state index is -4.31. The number of aliphatic carboxylic acids is 1. The van der Waals surface area contributed by atoms with E-state index in [1.165, 1.54) is 0 Å². The summed E-state index contributed by atoms with van der Waals surface area (Å²) in [6.45, 7) is -0.244. The van der Waals surface area contributed by atoms with Gasteiger partial charge in [-0.3, -0.25) is 9.69 Å². The van der Waals surface area contributed by atoms with Crippen LogP contribution in [0.25, 0.3) is 0 Å². The molecule has 0 spiro atoms. The molecule has 8 heteroatoms. The molecule has 1 saturated heterocycles. The highest BCUT2D eigenvalue weighted by atomic mass is 32.2. The number of nitrogens with zero attached hydrogens (tertiary/aromatic N) is 1. The van der Waals surface area contributed by atoms with E-state index < -0.39 is 18.8 Å². The Bertz CT molecular complexity index is 276. The zero-order valence-electron chi connectivity index (χ0n) is 9.78. The molecule has 0 aromatic heterocycles. The van der Waals surface area contributed by atoms with Crippen molar-refractivity contribution >= 4 is 17.7 Å². The van der Waals surface area contributed by atoms with Gasteiger partial charge in [0.25, 0.3) is 0 Å². The van der Waals surface area contributed by atoms with Crippen LogP contribution in [0.4, 0.5) is 13.2 Å². The van der Waals surface area contributed by atoms with E-state index in [4.69, 9.17) is 5.11 Å². The largest absolute Gasteiger partial charge is 0.481 e. The Morgan fingerprint density at radius 2 is 2.22 bits per heavy atom. The lowest BCUT2D eigenvalue weighted by molar-refractivity contribution is -0.174. The van der Waals surface area contributed by atoms with Gasteiger partial charge in [0, 0.05) is 30.6 Å². The Balaban J connectivity index is 2.27. The van der Waals surface area contributed by atoms with Gasteiger partial charge in [0.2, 0.25) is 0 Å². The number of carbonyl (C=O) groups is 1. The fraction of sp³-hybridized carbons (Fsp3) is 0.900. The summed E-state index contributed by atoms with van der Waals surface area (Å²) in [4.78, 5) is 12.5. The number of halogens is 3. The van der Waals surface area contributed by atoms with Gasteiger partial charge in [-0.2, -0.15) is 24.9 Å². The fourth-order valence-corrected chi connectivity index (χ4v) is 2.87. The lowest BCUT2D eigenvalue weighted by Gasteiger charge is -2.34. The van der Waals surface area contributed by atoms with E-state index in [-0.39, 0.29) is 19.1 Å². The van der Waals surface area contributed by atoms with E-state index in [1.54, 1.807) is 11.8 Å². The van der Waals surface area contributed by atoms with Crippen LogP contribution in [0.2, 0.25) is 0 Å². The zero-order valence-corrected chi connectivity index (χ0v) is 10.6. The molecule has 0 bridgehead atoms. The highest BCUT2D eigenvalue weighted by Crippen LogP contribution is 2.19. The molecule has 0 amide bonds. The third-order valence-electron chi connectivity index (χ3n) is 2.55. The summed E-state index contributed by atoms with van der Waals surface area (Å²) in [6, 6.07) is -0.115. The zero-order chi connectivity index (χ0) is 13.6. The van der Waals surface area contributed by atoms with Crippen molar-refractivity contribution in [3.05, 3.63) is 0 Å². The topological polar surface area (TPSA) is 49.8 Å². The quantitative estimate of drug-likeness (QED) is 0.750. The van der Waals surface area contributed by atoms with Crippen LogP contribution in [0.5, 0.6) is 0 Å². The van der Waals surface area contributed by atoms with Crippen LogP contribution < -0.4 is 0 Å². The Kier molecular flexibility index (Phi) is 6.24. The minimum Gasteiger partial charge on any atom is -0.481 e. The average molecular weight is 287 g/mol. The third kappa shape index (κ3) is 6.46. The second-order valence-corrected chi connectivity index (χ2v) is 5.18. The molecule has 1 atom stereocenters. The lowest BCUT2D eigenvalue weighted by atomic mass is 10.2.